The molecule has 3 heterocycles. The number of pyridine rings is 1. The van der Waals surface area contributed by atoms with Gasteiger partial charge in [0.25, 0.3) is 0 Å². The summed E-state index contributed by atoms with van der Waals surface area (Å²) in [7, 11) is 0. The van der Waals surface area contributed by atoms with Crippen molar-refractivity contribution in [3.05, 3.63) is 38.4 Å². The average molecular weight is 610 g/mol. The summed E-state index contributed by atoms with van der Waals surface area (Å²) in [5.41, 5.74) is -0.635. The Morgan fingerprint density at radius 1 is 0.710 bits per heavy atom. The summed E-state index contributed by atoms with van der Waals surface area (Å²) in [6.45, 7) is 11.5. The Bertz CT molecular complexity index is 1020. The van der Waals surface area contributed by atoms with Crippen LogP contribution in [0.15, 0.2) is 30.3 Å². The van der Waals surface area contributed by atoms with Crippen molar-refractivity contribution in [2.45, 2.75) is 58.5 Å². The second kappa shape index (κ2) is 8.64. The van der Waals surface area contributed by atoms with Crippen LogP contribution in [0, 0.1) is 0 Å². The largest absolute Gasteiger partial charge is 0.443 e. The number of nitrogens with zero attached hydrogens (tertiary/aromatic N) is 3. The third kappa shape index (κ3) is 5.26. The molecule has 0 saturated heterocycles. The first-order chi connectivity index (χ1) is 13.6. The molecule has 3 rings (SSSR count). The van der Waals surface area contributed by atoms with Gasteiger partial charge in [0, 0.05) is 27.6 Å². The van der Waals surface area contributed by atoms with Crippen LogP contribution in [0.3, 0.4) is 0 Å². The first kappa shape index (κ1) is 26.1. The fraction of sp³-hybridized carbons (Fsp3) is 0.450. The molecule has 0 atom stereocenters. The van der Waals surface area contributed by atoms with E-state index >= 15 is 0 Å². The summed E-state index contributed by atoms with van der Waals surface area (Å²) in [5.74, 6) is -0.0673. The summed E-state index contributed by atoms with van der Waals surface area (Å²) < 4.78 is 52.1. The zero-order valence-corrected chi connectivity index (χ0v) is 21.7. The van der Waals surface area contributed by atoms with E-state index in [-0.39, 0.29) is 59.7 Å². The molecule has 0 aromatic carbocycles. The fourth-order valence-corrected chi connectivity index (χ4v) is 4.16. The first-order valence-electron chi connectivity index (χ1n) is 8.99. The number of oxazole rings is 2. The predicted molar refractivity (Wildman–Crippen MR) is 113 cm³/mol. The van der Waals surface area contributed by atoms with Crippen LogP contribution in [0.2, 0.25) is 0 Å². The van der Waals surface area contributed by atoms with Crippen molar-refractivity contribution in [1.82, 2.24) is 15.0 Å². The number of alkyl halides is 3. The molecule has 0 spiro atoms. The molecule has 0 N–H and O–H groups in total. The van der Waals surface area contributed by atoms with Crippen molar-refractivity contribution in [3.8, 4) is 23.2 Å². The third-order valence-corrected chi connectivity index (χ3v) is 5.86. The predicted octanol–water partition coefficient (Wildman–Crippen LogP) is 7.53. The summed E-state index contributed by atoms with van der Waals surface area (Å²) >= 11 is 6.09. The Labute approximate surface area is 205 Å². The van der Waals surface area contributed by atoms with E-state index in [0.29, 0.717) is 11.4 Å². The minimum atomic E-state index is -4.68. The van der Waals surface area contributed by atoms with Crippen molar-refractivity contribution < 1.29 is 38.8 Å². The molecule has 0 amide bonds. The molecule has 0 aliphatic heterocycles. The molecule has 3 aromatic heterocycles. The molecule has 1 radical (unpaired) electrons. The maximum Gasteiger partial charge on any atom is 0.418 e. The van der Waals surface area contributed by atoms with Gasteiger partial charge in [-0.3, -0.25) is 0 Å². The van der Waals surface area contributed by atoms with Gasteiger partial charge >= 0.3 is 6.18 Å². The molecule has 0 bridgehead atoms. The van der Waals surface area contributed by atoms with Crippen molar-refractivity contribution in [2.75, 3.05) is 0 Å². The maximum absolute atomic E-state index is 13.9. The Morgan fingerprint density at radius 3 is 1.32 bits per heavy atom. The molecule has 3 aromatic rings. The monoisotopic (exact) mass is 608 g/mol. The van der Waals surface area contributed by atoms with E-state index in [9.17, 15) is 13.2 Å². The van der Waals surface area contributed by atoms with Crippen LogP contribution < -0.4 is 0 Å². The van der Waals surface area contributed by atoms with E-state index in [4.69, 9.17) is 8.83 Å². The molecule has 0 fully saturated rings. The fourth-order valence-electron chi connectivity index (χ4n) is 2.53. The normalized spacial score (nSPS) is 12.7. The van der Waals surface area contributed by atoms with Gasteiger partial charge in [0.2, 0.25) is 11.8 Å². The molecule has 0 saturated carbocycles. The van der Waals surface area contributed by atoms with Gasteiger partial charge in [-0.05, 0) is 31.9 Å². The smallest absolute Gasteiger partial charge is 0.418 e. The zero-order chi connectivity index (χ0) is 22.6. The Hall–Kier alpha value is -1.17. The third-order valence-electron chi connectivity index (χ3n) is 4.31. The number of halogens is 5. The molecule has 31 heavy (non-hydrogen) atoms. The number of rotatable bonds is 2. The maximum atomic E-state index is 13.9. The molecule has 5 nitrogen and oxygen atoms in total. The topological polar surface area (TPSA) is 65.0 Å². The molecule has 0 unspecified atom stereocenters. The van der Waals surface area contributed by atoms with Crippen LogP contribution in [0.5, 0.6) is 0 Å². The van der Waals surface area contributed by atoms with Crippen molar-refractivity contribution in [2.24, 2.45) is 0 Å². The molecule has 0 aliphatic rings. The van der Waals surface area contributed by atoms with Gasteiger partial charge in [-0.25, -0.2) is 15.0 Å². The van der Waals surface area contributed by atoms with Gasteiger partial charge in [0.15, 0.2) is 0 Å². The van der Waals surface area contributed by atoms with Gasteiger partial charge in [-0.1, -0.05) is 41.5 Å². The SMILES string of the molecule is CC(C)(C)c1coc(-c2nc(-c3nc(C(C)(C)C)co3)c(Br)c(C(F)(F)F)c2Br)n1.[Co]. The first-order valence-corrected chi connectivity index (χ1v) is 10.6. The van der Waals surface area contributed by atoms with Gasteiger partial charge in [-0.15, -0.1) is 0 Å². The van der Waals surface area contributed by atoms with Gasteiger partial charge in [-0.2, -0.15) is 13.2 Å². The van der Waals surface area contributed by atoms with Crippen LogP contribution >= 0.6 is 31.9 Å². The van der Waals surface area contributed by atoms with Crippen LogP contribution in [-0.2, 0) is 33.8 Å². The minimum Gasteiger partial charge on any atom is -0.443 e. The van der Waals surface area contributed by atoms with Crippen LogP contribution in [0.25, 0.3) is 23.2 Å². The van der Waals surface area contributed by atoms with E-state index in [1.165, 1.54) is 12.5 Å². The molecular formula is C20H20Br2CoF3N3O2. The van der Waals surface area contributed by atoms with E-state index in [0.717, 1.165) is 0 Å². The summed E-state index contributed by atoms with van der Waals surface area (Å²) in [5, 5.41) is 0. The van der Waals surface area contributed by atoms with Gasteiger partial charge in [0.05, 0.1) is 25.9 Å². The number of hydrogen-bond donors (Lipinski definition) is 0. The van der Waals surface area contributed by atoms with E-state index in [1.807, 2.05) is 41.5 Å². The van der Waals surface area contributed by atoms with E-state index < -0.39 is 11.7 Å². The summed E-state index contributed by atoms with van der Waals surface area (Å²) in [4.78, 5) is 13.1. The quantitative estimate of drug-likeness (QED) is 0.301. The van der Waals surface area contributed by atoms with Crippen LogP contribution in [0.1, 0.15) is 58.5 Å². The zero-order valence-electron chi connectivity index (χ0n) is 17.5. The number of hydrogen-bond acceptors (Lipinski definition) is 5. The summed E-state index contributed by atoms with van der Waals surface area (Å²) in [6, 6.07) is 0. The molecular weight excluding hydrogens is 590 g/mol. The van der Waals surface area contributed by atoms with Crippen LogP contribution in [-0.4, -0.2) is 15.0 Å². The van der Waals surface area contributed by atoms with Crippen molar-refractivity contribution in [3.63, 3.8) is 0 Å². The molecule has 0 aliphatic carbocycles. The summed E-state index contributed by atoms with van der Waals surface area (Å²) in [6.07, 6.45) is -1.84. The van der Waals surface area contributed by atoms with Crippen molar-refractivity contribution >= 4 is 31.9 Å². The molecule has 11 heteroatoms. The van der Waals surface area contributed by atoms with E-state index in [2.05, 4.69) is 46.8 Å². The minimum absolute atomic E-state index is 0. The van der Waals surface area contributed by atoms with E-state index in [1.54, 1.807) is 0 Å². The Balaban J connectivity index is 0.00000341. The second-order valence-electron chi connectivity index (χ2n) is 8.89. The van der Waals surface area contributed by atoms with Crippen molar-refractivity contribution in [1.29, 1.82) is 0 Å². The van der Waals surface area contributed by atoms with Gasteiger partial charge in [0.1, 0.15) is 23.9 Å². The van der Waals surface area contributed by atoms with Gasteiger partial charge < -0.3 is 8.83 Å². The van der Waals surface area contributed by atoms with Crippen LogP contribution in [0.4, 0.5) is 13.2 Å². The molecule has 171 valence electrons. The standard InChI is InChI=1S/C20H20Br2F3N3O2.Co/c1-18(2,3)9-7-29-16(26-9)14-12(21)11(20(23,24)25)13(22)15(28-14)17-27-10(8-30-17)19(4,5)6;/h7-8H,1-6H3;. The Kier molecular flexibility index (Phi) is 7.27. The average Bonchev–Trinajstić information content (AvgIpc) is 3.22. The number of aromatic nitrogens is 3. The Morgan fingerprint density at radius 2 is 1.06 bits per heavy atom. The second-order valence-corrected chi connectivity index (χ2v) is 10.5.